The van der Waals surface area contributed by atoms with Crippen molar-refractivity contribution in [2.24, 2.45) is 0 Å². The van der Waals surface area contributed by atoms with Gasteiger partial charge in [0.25, 0.3) is 0 Å². The van der Waals surface area contributed by atoms with Gasteiger partial charge < -0.3 is 28.4 Å². The molecule has 9 aromatic carbocycles. The Kier molecular flexibility index (Phi) is 42.3. The summed E-state index contributed by atoms with van der Waals surface area (Å²) in [5.74, 6) is -11.3. The van der Waals surface area contributed by atoms with Crippen molar-refractivity contribution >= 4 is 17.9 Å². The zero-order valence-corrected chi connectivity index (χ0v) is 68.2. The van der Waals surface area contributed by atoms with Gasteiger partial charge >= 0.3 is 17.9 Å². The van der Waals surface area contributed by atoms with E-state index < -0.39 is 70.1 Å². The number of carbonyl (C=O) groups excluding carboxylic acids is 3. The molecule has 0 radical (unpaired) electrons. The minimum Gasteiger partial charge on any atom is -0.490 e. The van der Waals surface area contributed by atoms with Gasteiger partial charge in [-0.1, -0.05) is 305 Å². The van der Waals surface area contributed by atoms with Crippen LogP contribution in [-0.2, 0) is 19.3 Å². The van der Waals surface area contributed by atoms with E-state index in [9.17, 15) is 40.7 Å². The molecular weight excluding hydrogens is 1450 g/mol. The highest BCUT2D eigenvalue weighted by Gasteiger charge is 2.23. The van der Waals surface area contributed by atoms with Crippen molar-refractivity contribution in [3.05, 3.63) is 250 Å². The van der Waals surface area contributed by atoms with E-state index in [1.54, 1.807) is 36.4 Å². The SMILES string of the molecule is CCCCCCCCc1ccc(-c2ccc(C(=O)Oc3ccc(OCCCCCCC)c(F)c3F)cc2)cc1.CCCCCCCOc1ccc(OC(=O)c2ccc(-c3ccc(CCCCCC)cc3)cc2)c(F)c1F.CCCCCCCOc1ccc(OC(=O)c2ccc(-c3ccc(CCCCCCC)cc3)cc2)c(F)c1F. The largest absolute Gasteiger partial charge is 0.490 e. The van der Waals surface area contributed by atoms with Gasteiger partial charge in [-0.15, -0.1) is 0 Å². The molecular formula is C99H120F6O9. The lowest BCUT2D eigenvalue weighted by atomic mass is 10.00. The maximum Gasteiger partial charge on any atom is 0.343 e. The van der Waals surface area contributed by atoms with Gasteiger partial charge in [0.05, 0.1) is 36.5 Å². The van der Waals surface area contributed by atoms with Crippen LogP contribution in [0.3, 0.4) is 0 Å². The number of halogens is 6. The van der Waals surface area contributed by atoms with Crippen LogP contribution in [0.25, 0.3) is 33.4 Å². The molecule has 0 aliphatic rings. The van der Waals surface area contributed by atoms with Crippen molar-refractivity contribution in [1.82, 2.24) is 0 Å². The third kappa shape index (κ3) is 31.6. The Morgan fingerprint density at radius 3 is 0.614 bits per heavy atom. The Morgan fingerprint density at radius 1 is 0.211 bits per heavy atom. The zero-order chi connectivity index (χ0) is 81.5. The van der Waals surface area contributed by atoms with Crippen molar-refractivity contribution in [1.29, 1.82) is 0 Å². The van der Waals surface area contributed by atoms with Gasteiger partial charge in [-0.05, 0) is 181 Å². The monoisotopic (exact) mass is 1570 g/mol. The van der Waals surface area contributed by atoms with Crippen LogP contribution >= 0.6 is 0 Å². The average Bonchev–Trinajstić information content (AvgIpc) is 0.833. The number of hydrogen-bond donors (Lipinski definition) is 0. The Bertz CT molecular complexity index is 4240. The summed E-state index contributed by atoms with van der Waals surface area (Å²) in [6.45, 7) is 14.0. The third-order valence-electron chi connectivity index (χ3n) is 20.1. The van der Waals surface area contributed by atoms with Gasteiger partial charge in [0.15, 0.2) is 34.5 Å². The molecule has 612 valence electrons. The molecule has 0 unspecified atom stereocenters. The standard InChI is InChI=1S/C34H42F2O3.C33H40F2O3.C32H38F2O3/c1-3-5-7-9-10-12-14-26-15-17-27(18-16-26)28-19-21-29(22-20-28)34(37)39-31-24-23-30(32(35)33(31)36)38-25-13-11-8-6-4-2;1-3-5-7-9-11-13-25-14-16-26(17-15-25)27-18-20-28(21-19-27)33(36)38-30-23-22-29(31(34)32(30)35)37-24-12-10-8-6-4-2;1-3-5-7-9-11-23-36-28-21-22-29(31(34)30(28)33)37-32(35)27-19-17-26(18-20-27)25-15-13-24(14-16-25)12-10-8-6-4-2/h15-24H,3-14,25H2,1-2H3;14-23H,3-13,24H2,1-2H3;13-22H,3-12,23H2,1-2H3. The fourth-order valence-corrected chi connectivity index (χ4v) is 13.0. The Hall–Kier alpha value is -9.63. The van der Waals surface area contributed by atoms with Gasteiger partial charge in [0.2, 0.25) is 34.9 Å². The van der Waals surface area contributed by atoms with Crippen LogP contribution in [0, 0.1) is 34.9 Å². The molecule has 0 N–H and O–H groups in total. The molecule has 0 aliphatic heterocycles. The molecule has 0 fully saturated rings. The van der Waals surface area contributed by atoms with E-state index in [0.29, 0.717) is 19.8 Å². The number of hydrogen-bond acceptors (Lipinski definition) is 9. The minimum atomic E-state index is -1.23. The predicted molar refractivity (Wildman–Crippen MR) is 450 cm³/mol. The number of rotatable bonds is 48. The first-order valence-electron chi connectivity index (χ1n) is 42.2. The first kappa shape index (κ1) is 91.6. The summed E-state index contributed by atoms with van der Waals surface area (Å²) < 4.78 is 119. The van der Waals surface area contributed by atoms with Gasteiger partial charge in [-0.3, -0.25) is 0 Å². The van der Waals surface area contributed by atoms with Gasteiger partial charge in [0.1, 0.15) is 0 Å². The lowest BCUT2D eigenvalue weighted by molar-refractivity contribution is 0.0717. The van der Waals surface area contributed by atoms with E-state index in [4.69, 9.17) is 28.4 Å². The molecule has 15 heteroatoms. The van der Waals surface area contributed by atoms with Crippen molar-refractivity contribution in [2.75, 3.05) is 19.8 Å². The number of carbonyl (C=O) groups is 3. The molecule has 9 aromatic rings. The molecule has 0 atom stereocenters. The highest BCUT2D eigenvalue weighted by Crippen LogP contribution is 2.34. The maximum absolute atomic E-state index is 14.5. The third-order valence-corrected chi connectivity index (χ3v) is 20.1. The second-order valence-corrected chi connectivity index (χ2v) is 29.3. The van der Waals surface area contributed by atoms with E-state index in [0.717, 1.165) is 149 Å². The number of ether oxygens (including phenoxy) is 6. The Labute approximate surface area is 674 Å². The molecule has 9 rings (SSSR count). The summed E-state index contributed by atoms with van der Waals surface area (Å²) in [5, 5.41) is 0. The second-order valence-electron chi connectivity index (χ2n) is 29.3. The lowest BCUT2D eigenvalue weighted by Gasteiger charge is -2.11. The summed E-state index contributed by atoms with van der Waals surface area (Å²) in [5.41, 5.74) is 10.8. The van der Waals surface area contributed by atoms with E-state index in [-0.39, 0.29) is 33.9 Å². The van der Waals surface area contributed by atoms with Gasteiger partial charge in [0, 0.05) is 0 Å². The fraction of sp³-hybridized carbons (Fsp3) is 0.424. The first-order chi connectivity index (χ1) is 55.6. The molecule has 0 heterocycles. The lowest BCUT2D eigenvalue weighted by Crippen LogP contribution is -2.10. The van der Waals surface area contributed by atoms with Gasteiger partial charge in [-0.2, -0.15) is 26.3 Å². The van der Waals surface area contributed by atoms with Crippen LogP contribution in [0.15, 0.2) is 182 Å². The van der Waals surface area contributed by atoms with Crippen LogP contribution in [0.5, 0.6) is 34.5 Å². The molecule has 0 saturated carbocycles. The quantitative estimate of drug-likeness (QED) is 0.0159. The summed E-state index contributed by atoms with van der Waals surface area (Å²) >= 11 is 0. The topological polar surface area (TPSA) is 107 Å². The molecule has 0 saturated heterocycles. The number of aryl methyl sites for hydroxylation is 3. The molecule has 0 spiro atoms. The van der Waals surface area contributed by atoms with E-state index in [1.165, 1.54) is 149 Å². The fourth-order valence-electron chi connectivity index (χ4n) is 13.0. The van der Waals surface area contributed by atoms with Crippen LogP contribution in [0.1, 0.15) is 282 Å². The van der Waals surface area contributed by atoms with Crippen LogP contribution < -0.4 is 28.4 Å². The van der Waals surface area contributed by atoms with Crippen molar-refractivity contribution < 1.29 is 69.1 Å². The number of esters is 3. The summed E-state index contributed by atoms with van der Waals surface area (Å²) in [7, 11) is 0. The van der Waals surface area contributed by atoms with E-state index >= 15 is 0 Å². The molecule has 9 nitrogen and oxygen atoms in total. The second kappa shape index (κ2) is 52.7. The Balaban J connectivity index is 0.000000237. The zero-order valence-electron chi connectivity index (χ0n) is 68.2. The highest BCUT2D eigenvalue weighted by molar-refractivity contribution is 5.93. The minimum absolute atomic E-state index is 0.176. The molecule has 0 amide bonds. The summed E-state index contributed by atoms with van der Waals surface area (Å²) in [6.07, 6.45) is 37.6. The molecule has 114 heavy (non-hydrogen) atoms. The smallest absolute Gasteiger partial charge is 0.343 e. The highest BCUT2D eigenvalue weighted by atomic mass is 19.2. The predicted octanol–water partition coefficient (Wildman–Crippen LogP) is 29.1. The Morgan fingerprint density at radius 2 is 0.386 bits per heavy atom. The summed E-state index contributed by atoms with van der Waals surface area (Å²) in [6, 6.07) is 53.7. The average molecular weight is 1570 g/mol. The summed E-state index contributed by atoms with van der Waals surface area (Å²) in [4.78, 5) is 37.7. The van der Waals surface area contributed by atoms with Crippen molar-refractivity contribution in [3.63, 3.8) is 0 Å². The van der Waals surface area contributed by atoms with Crippen LogP contribution in [0.4, 0.5) is 26.3 Å². The maximum atomic E-state index is 14.5. The van der Waals surface area contributed by atoms with Crippen molar-refractivity contribution in [3.8, 4) is 67.9 Å². The first-order valence-corrected chi connectivity index (χ1v) is 42.2. The number of benzene rings is 9. The molecule has 0 aromatic heterocycles. The van der Waals surface area contributed by atoms with Gasteiger partial charge in [-0.25, -0.2) is 14.4 Å². The number of unbranched alkanes of at least 4 members (excludes halogenated alkanes) is 24. The van der Waals surface area contributed by atoms with Crippen LogP contribution in [0.2, 0.25) is 0 Å². The van der Waals surface area contributed by atoms with E-state index in [2.05, 4.69) is 114 Å². The molecule has 0 aliphatic carbocycles. The van der Waals surface area contributed by atoms with E-state index in [1.807, 2.05) is 36.4 Å². The normalized spacial score (nSPS) is 10.9. The molecule has 0 bridgehead atoms. The van der Waals surface area contributed by atoms with Crippen LogP contribution in [-0.4, -0.2) is 37.7 Å². The van der Waals surface area contributed by atoms with Crippen molar-refractivity contribution in [2.45, 2.75) is 253 Å².